The summed E-state index contributed by atoms with van der Waals surface area (Å²) < 4.78 is 44.8. The topological polar surface area (TPSA) is 22.1 Å². The van der Waals surface area contributed by atoms with Crippen molar-refractivity contribution in [1.29, 1.82) is 0 Å². The van der Waals surface area contributed by atoms with Crippen LogP contribution < -0.4 is 4.74 Å². The van der Waals surface area contributed by atoms with Gasteiger partial charge in [0.15, 0.2) is 5.82 Å². The van der Waals surface area contributed by atoms with Crippen molar-refractivity contribution in [3.63, 3.8) is 0 Å². The van der Waals surface area contributed by atoms with Gasteiger partial charge in [-0.3, -0.25) is 0 Å². The van der Waals surface area contributed by atoms with E-state index >= 15 is 0 Å². The van der Waals surface area contributed by atoms with Crippen molar-refractivity contribution in [3.05, 3.63) is 83.4 Å². The maximum atomic E-state index is 13.5. The van der Waals surface area contributed by atoms with Gasteiger partial charge in [0, 0.05) is 5.56 Å². The summed E-state index contributed by atoms with van der Waals surface area (Å²) >= 11 is 0. The molecule has 5 heteroatoms. The number of pyridine rings is 1. The Morgan fingerprint density at radius 1 is 0.846 bits per heavy atom. The molecule has 0 unspecified atom stereocenters. The van der Waals surface area contributed by atoms with Crippen molar-refractivity contribution in [2.75, 3.05) is 6.61 Å². The van der Waals surface area contributed by atoms with Crippen LogP contribution in [-0.4, -0.2) is 11.6 Å². The molecule has 0 N–H and O–H groups in total. The molecule has 0 aliphatic rings. The maximum Gasteiger partial charge on any atom is 0.251 e. The van der Waals surface area contributed by atoms with E-state index in [2.05, 4.69) is 16.8 Å². The first-order valence-corrected chi connectivity index (χ1v) is 7.93. The Morgan fingerprint density at radius 3 is 2.08 bits per heavy atom. The highest BCUT2D eigenvalue weighted by Crippen LogP contribution is 2.22. The van der Waals surface area contributed by atoms with Gasteiger partial charge in [-0.15, -0.1) is 0 Å². The second-order valence-electron chi connectivity index (χ2n) is 5.38. The van der Waals surface area contributed by atoms with E-state index in [9.17, 15) is 13.2 Å². The molecule has 0 radical (unpaired) electrons. The van der Waals surface area contributed by atoms with Gasteiger partial charge in [-0.1, -0.05) is 36.1 Å². The van der Waals surface area contributed by atoms with Crippen LogP contribution in [0, 0.1) is 29.6 Å². The van der Waals surface area contributed by atoms with Gasteiger partial charge < -0.3 is 4.74 Å². The molecule has 1 heterocycles. The molecule has 0 saturated carbocycles. The highest BCUT2D eigenvalue weighted by Gasteiger charge is 2.09. The van der Waals surface area contributed by atoms with Crippen LogP contribution in [0.3, 0.4) is 0 Å². The Hall–Kier alpha value is -3.26. The van der Waals surface area contributed by atoms with E-state index in [0.717, 1.165) is 16.9 Å². The second-order valence-corrected chi connectivity index (χ2v) is 5.38. The number of hydrogen-bond donors (Lipinski definition) is 0. The van der Waals surface area contributed by atoms with Gasteiger partial charge in [0.1, 0.15) is 5.75 Å². The van der Waals surface area contributed by atoms with Crippen LogP contribution in [0.2, 0.25) is 0 Å². The summed E-state index contributed by atoms with van der Waals surface area (Å²) in [6.07, 6.45) is 0. The second kappa shape index (κ2) is 7.75. The number of hydrogen-bond acceptors (Lipinski definition) is 2. The van der Waals surface area contributed by atoms with Crippen molar-refractivity contribution in [3.8, 4) is 28.7 Å². The van der Waals surface area contributed by atoms with Gasteiger partial charge in [0.25, 0.3) is 5.95 Å². The van der Waals surface area contributed by atoms with Crippen LogP contribution in [0.25, 0.3) is 11.1 Å². The third-order valence-corrected chi connectivity index (χ3v) is 3.61. The number of rotatable bonds is 3. The predicted octanol–water partition coefficient (Wildman–Crippen LogP) is 4.96. The van der Waals surface area contributed by atoms with Gasteiger partial charge in [0.05, 0.1) is 12.2 Å². The standard InChI is InChI=1S/C21H14F3NO/c1-2-26-18-11-9-16(10-12-18)15-6-3-14(4-7-15)5-8-17-13-19(22)21(24)25-20(17)23/h3-4,6-7,9-13H,2H2,1H3. The van der Waals surface area contributed by atoms with Crippen LogP contribution in [0.5, 0.6) is 5.75 Å². The fraction of sp³-hybridized carbons (Fsp3) is 0.0952. The molecule has 2 aromatic carbocycles. The van der Waals surface area contributed by atoms with Gasteiger partial charge in [0.2, 0.25) is 5.95 Å². The minimum Gasteiger partial charge on any atom is -0.494 e. The van der Waals surface area contributed by atoms with Crippen molar-refractivity contribution < 1.29 is 17.9 Å². The molecule has 0 amide bonds. The summed E-state index contributed by atoms with van der Waals surface area (Å²) in [5.74, 6) is 2.14. The van der Waals surface area contributed by atoms with Crippen LogP contribution in [0.4, 0.5) is 13.2 Å². The van der Waals surface area contributed by atoms with E-state index in [1.165, 1.54) is 0 Å². The van der Waals surface area contributed by atoms with Crippen molar-refractivity contribution >= 4 is 0 Å². The minimum absolute atomic E-state index is 0.292. The number of nitrogens with zero attached hydrogens (tertiary/aromatic N) is 1. The molecule has 0 fully saturated rings. The van der Waals surface area contributed by atoms with Crippen molar-refractivity contribution in [2.45, 2.75) is 6.92 Å². The first-order chi connectivity index (χ1) is 12.6. The third-order valence-electron chi connectivity index (χ3n) is 3.61. The van der Waals surface area contributed by atoms with Crippen molar-refractivity contribution in [1.82, 2.24) is 4.98 Å². The van der Waals surface area contributed by atoms with Gasteiger partial charge in [-0.05, 0) is 48.4 Å². The van der Waals surface area contributed by atoms with E-state index < -0.39 is 17.7 Å². The molecule has 2 nitrogen and oxygen atoms in total. The third kappa shape index (κ3) is 4.04. The normalized spacial score (nSPS) is 10.2. The van der Waals surface area contributed by atoms with Crippen LogP contribution in [-0.2, 0) is 0 Å². The van der Waals surface area contributed by atoms with E-state index in [0.29, 0.717) is 18.2 Å². The van der Waals surface area contributed by atoms with E-state index in [-0.39, 0.29) is 5.56 Å². The number of aromatic nitrogens is 1. The van der Waals surface area contributed by atoms with Crippen LogP contribution in [0.15, 0.2) is 54.6 Å². The van der Waals surface area contributed by atoms with E-state index in [4.69, 9.17) is 4.74 Å². The minimum atomic E-state index is -1.48. The maximum absolute atomic E-state index is 13.5. The van der Waals surface area contributed by atoms with Crippen molar-refractivity contribution in [2.24, 2.45) is 0 Å². The number of halogens is 3. The molecule has 3 aromatic rings. The zero-order chi connectivity index (χ0) is 18.5. The summed E-state index contributed by atoms with van der Waals surface area (Å²) in [5.41, 5.74) is 2.33. The molecule has 0 saturated heterocycles. The Morgan fingerprint density at radius 2 is 1.46 bits per heavy atom. The fourth-order valence-corrected chi connectivity index (χ4v) is 2.33. The van der Waals surface area contributed by atoms with E-state index in [1.54, 1.807) is 12.1 Å². The lowest BCUT2D eigenvalue weighted by Crippen LogP contribution is -1.97. The molecule has 0 bridgehead atoms. The monoisotopic (exact) mass is 353 g/mol. The highest BCUT2D eigenvalue weighted by atomic mass is 19.2. The largest absolute Gasteiger partial charge is 0.494 e. The average Bonchev–Trinajstić information content (AvgIpc) is 2.65. The predicted molar refractivity (Wildman–Crippen MR) is 93.1 cm³/mol. The lowest BCUT2D eigenvalue weighted by molar-refractivity contribution is 0.340. The summed E-state index contributed by atoms with van der Waals surface area (Å²) in [6, 6.07) is 15.7. The molecule has 1 aromatic heterocycles. The average molecular weight is 353 g/mol. The smallest absolute Gasteiger partial charge is 0.251 e. The Labute approximate surface area is 149 Å². The Bertz CT molecular complexity index is 971. The fourth-order valence-electron chi connectivity index (χ4n) is 2.33. The SMILES string of the molecule is CCOc1ccc(-c2ccc(C#Cc3cc(F)c(F)nc3F)cc2)cc1. The molecule has 0 aliphatic heterocycles. The van der Waals surface area contributed by atoms with Crippen LogP contribution >= 0.6 is 0 Å². The molecule has 130 valence electrons. The first kappa shape index (κ1) is 17.6. The Kier molecular flexibility index (Phi) is 5.23. The number of benzene rings is 2. The molecule has 0 aliphatic carbocycles. The molecule has 3 rings (SSSR count). The first-order valence-electron chi connectivity index (χ1n) is 7.93. The van der Waals surface area contributed by atoms with Gasteiger partial charge >= 0.3 is 0 Å². The summed E-state index contributed by atoms with van der Waals surface area (Å²) in [7, 11) is 0. The lowest BCUT2D eigenvalue weighted by Gasteiger charge is -2.05. The molecule has 26 heavy (non-hydrogen) atoms. The zero-order valence-electron chi connectivity index (χ0n) is 13.9. The lowest BCUT2D eigenvalue weighted by atomic mass is 10.0. The molecular weight excluding hydrogens is 339 g/mol. The van der Waals surface area contributed by atoms with Gasteiger partial charge in [-0.25, -0.2) is 4.39 Å². The highest BCUT2D eigenvalue weighted by molar-refractivity contribution is 5.65. The molecule has 0 atom stereocenters. The van der Waals surface area contributed by atoms with E-state index in [1.807, 2.05) is 43.3 Å². The van der Waals surface area contributed by atoms with Gasteiger partial charge in [-0.2, -0.15) is 13.8 Å². The summed E-state index contributed by atoms with van der Waals surface area (Å²) in [4.78, 5) is 2.84. The summed E-state index contributed by atoms with van der Waals surface area (Å²) in [5, 5.41) is 0. The molecule has 0 spiro atoms. The quantitative estimate of drug-likeness (QED) is 0.490. The summed E-state index contributed by atoms with van der Waals surface area (Å²) in [6.45, 7) is 2.54. The number of ether oxygens (including phenoxy) is 1. The van der Waals surface area contributed by atoms with Crippen LogP contribution in [0.1, 0.15) is 18.1 Å². The zero-order valence-corrected chi connectivity index (χ0v) is 13.9. The Balaban J connectivity index is 1.79. The molecular formula is C21H14F3NO.